The molecule has 3 atom stereocenters. The molecule has 2 aromatic carbocycles. The molecular weight excluding hydrogens is 384 g/mol. The van der Waals surface area contributed by atoms with Crippen LogP contribution in [0.2, 0.25) is 5.02 Å². The highest BCUT2D eigenvalue weighted by atomic mass is 35.5. The minimum absolute atomic E-state index is 0.0836. The van der Waals surface area contributed by atoms with Gasteiger partial charge in [0.15, 0.2) is 6.10 Å². The lowest BCUT2D eigenvalue weighted by Gasteiger charge is -2.33. The zero-order valence-electron chi connectivity index (χ0n) is 17.5. The van der Waals surface area contributed by atoms with Crippen molar-refractivity contribution >= 4 is 23.2 Å². The summed E-state index contributed by atoms with van der Waals surface area (Å²) in [5.41, 5.74) is 2.35. The highest BCUT2D eigenvalue weighted by Crippen LogP contribution is 2.25. The van der Waals surface area contributed by atoms with Crippen LogP contribution in [0.15, 0.2) is 48.5 Å². The molecule has 1 heterocycles. The van der Waals surface area contributed by atoms with Gasteiger partial charge in [-0.1, -0.05) is 37.6 Å². The molecule has 4 nitrogen and oxygen atoms in total. The molecule has 3 rings (SSSR count). The molecule has 1 amide bonds. The Kier molecular flexibility index (Phi) is 7.43. The standard InChI is InChI=1S/C24H31ClN2O2/c1-4-23(29-22-13-9-20(25)10-14-22)24(28)26-18(3)19-7-11-21(12-8-19)27-15-5-6-17(2)16-27/h7-14,17-18,23H,4-6,15-16H2,1-3H3,(H,26,28)/t17-,18-,23-/m0/s1. The maximum absolute atomic E-state index is 12.7. The molecule has 1 saturated heterocycles. The normalized spacial score (nSPS) is 18.8. The first-order valence-corrected chi connectivity index (χ1v) is 10.9. The van der Waals surface area contributed by atoms with Crippen molar-refractivity contribution in [3.05, 3.63) is 59.1 Å². The number of benzene rings is 2. The van der Waals surface area contributed by atoms with E-state index in [0.717, 1.165) is 24.6 Å². The van der Waals surface area contributed by atoms with Crippen molar-refractivity contribution < 1.29 is 9.53 Å². The van der Waals surface area contributed by atoms with Gasteiger partial charge in [-0.05, 0) is 74.1 Å². The van der Waals surface area contributed by atoms with E-state index < -0.39 is 6.10 Å². The molecule has 1 aliphatic heterocycles. The van der Waals surface area contributed by atoms with Crippen molar-refractivity contribution in [2.24, 2.45) is 5.92 Å². The number of amides is 1. The molecule has 1 aliphatic rings. The molecule has 0 radical (unpaired) electrons. The topological polar surface area (TPSA) is 41.6 Å². The van der Waals surface area contributed by atoms with E-state index in [4.69, 9.17) is 16.3 Å². The fourth-order valence-electron chi connectivity index (χ4n) is 3.79. The molecule has 0 aromatic heterocycles. The van der Waals surface area contributed by atoms with Crippen LogP contribution >= 0.6 is 11.6 Å². The molecule has 2 aromatic rings. The highest BCUT2D eigenvalue weighted by Gasteiger charge is 2.21. The van der Waals surface area contributed by atoms with E-state index in [1.807, 2.05) is 13.8 Å². The number of halogens is 1. The van der Waals surface area contributed by atoms with Gasteiger partial charge in [-0.25, -0.2) is 0 Å². The number of carbonyl (C=O) groups excluding carboxylic acids is 1. The summed E-state index contributed by atoms with van der Waals surface area (Å²) in [4.78, 5) is 15.2. The average Bonchev–Trinajstić information content (AvgIpc) is 2.73. The fourth-order valence-corrected chi connectivity index (χ4v) is 3.91. The third kappa shape index (κ3) is 5.89. The molecule has 0 bridgehead atoms. The van der Waals surface area contributed by atoms with Crippen LogP contribution in [0.4, 0.5) is 5.69 Å². The van der Waals surface area contributed by atoms with E-state index in [2.05, 4.69) is 41.4 Å². The lowest BCUT2D eigenvalue weighted by molar-refractivity contribution is -0.128. The van der Waals surface area contributed by atoms with Gasteiger partial charge in [0, 0.05) is 23.8 Å². The molecule has 1 N–H and O–H groups in total. The number of ether oxygens (including phenoxy) is 1. The van der Waals surface area contributed by atoms with Crippen molar-refractivity contribution in [2.75, 3.05) is 18.0 Å². The quantitative estimate of drug-likeness (QED) is 0.640. The minimum atomic E-state index is -0.535. The van der Waals surface area contributed by atoms with E-state index in [1.54, 1.807) is 24.3 Å². The number of rotatable bonds is 7. The van der Waals surface area contributed by atoms with E-state index in [-0.39, 0.29) is 11.9 Å². The van der Waals surface area contributed by atoms with Crippen LogP contribution in [0.25, 0.3) is 0 Å². The first-order valence-electron chi connectivity index (χ1n) is 10.5. The zero-order valence-corrected chi connectivity index (χ0v) is 18.3. The Morgan fingerprint density at radius 2 is 1.90 bits per heavy atom. The molecular formula is C24H31ClN2O2. The van der Waals surface area contributed by atoms with Crippen molar-refractivity contribution in [2.45, 2.75) is 52.2 Å². The Balaban J connectivity index is 1.58. The molecule has 5 heteroatoms. The van der Waals surface area contributed by atoms with Crippen LogP contribution in [0.3, 0.4) is 0 Å². The molecule has 0 unspecified atom stereocenters. The summed E-state index contributed by atoms with van der Waals surface area (Å²) in [6.45, 7) is 8.50. The van der Waals surface area contributed by atoms with Crippen LogP contribution in [-0.4, -0.2) is 25.1 Å². The maximum atomic E-state index is 12.7. The van der Waals surface area contributed by atoms with Crippen LogP contribution in [0.1, 0.15) is 51.6 Å². The van der Waals surface area contributed by atoms with Crippen LogP contribution in [0.5, 0.6) is 5.75 Å². The number of anilines is 1. The predicted molar refractivity (Wildman–Crippen MR) is 120 cm³/mol. The summed E-state index contributed by atoms with van der Waals surface area (Å²) < 4.78 is 5.85. The van der Waals surface area contributed by atoms with E-state index in [9.17, 15) is 4.79 Å². The van der Waals surface area contributed by atoms with Crippen molar-refractivity contribution in [1.29, 1.82) is 0 Å². The largest absolute Gasteiger partial charge is 0.481 e. The Morgan fingerprint density at radius 1 is 1.21 bits per heavy atom. The third-order valence-corrected chi connectivity index (χ3v) is 5.78. The smallest absolute Gasteiger partial charge is 0.261 e. The second kappa shape index (κ2) is 10.0. The molecule has 1 fully saturated rings. The monoisotopic (exact) mass is 414 g/mol. The molecule has 0 spiro atoms. The number of nitrogens with zero attached hydrogens (tertiary/aromatic N) is 1. The second-order valence-electron chi connectivity index (χ2n) is 7.98. The highest BCUT2D eigenvalue weighted by molar-refractivity contribution is 6.30. The Morgan fingerprint density at radius 3 is 2.52 bits per heavy atom. The van der Waals surface area contributed by atoms with Gasteiger partial charge in [-0.2, -0.15) is 0 Å². The predicted octanol–water partition coefficient (Wildman–Crippen LogP) is 5.61. The van der Waals surface area contributed by atoms with Gasteiger partial charge >= 0.3 is 0 Å². The number of carbonyl (C=O) groups is 1. The lowest BCUT2D eigenvalue weighted by atomic mass is 9.99. The Bertz CT molecular complexity index is 792. The third-order valence-electron chi connectivity index (χ3n) is 5.53. The van der Waals surface area contributed by atoms with Gasteiger partial charge < -0.3 is 15.0 Å². The average molecular weight is 415 g/mol. The number of hydrogen-bond acceptors (Lipinski definition) is 3. The van der Waals surface area contributed by atoms with Crippen molar-refractivity contribution in [3.63, 3.8) is 0 Å². The van der Waals surface area contributed by atoms with Gasteiger partial charge in [-0.15, -0.1) is 0 Å². The summed E-state index contributed by atoms with van der Waals surface area (Å²) in [5.74, 6) is 1.28. The first-order chi connectivity index (χ1) is 14.0. The van der Waals surface area contributed by atoms with Gasteiger partial charge in [0.25, 0.3) is 5.91 Å². The minimum Gasteiger partial charge on any atom is -0.481 e. The molecule has 156 valence electrons. The fraction of sp³-hybridized carbons (Fsp3) is 0.458. The SMILES string of the molecule is CC[C@H](Oc1ccc(Cl)cc1)C(=O)N[C@@H](C)c1ccc(N2CCC[C@H](C)C2)cc1. The molecule has 0 saturated carbocycles. The summed E-state index contributed by atoms with van der Waals surface area (Å²) in [5, 5.41) is 3.73. The number of hydrogen-bond donors (Lipinski definition) is 1. The summed E-state index contributed by atoms with van der Waals surface area (Å²) in [6.07, 6.45) is 2.62. The second-order valence-corrected chi connectivity index (χ2v) is 8.42. The number of piperidine rings is 1. The summed E-state index contributed by atoms with van der Waals surface area (Å²) in [7, 11) is 0. The Hall–Kier alpha value is -2.20. The Labute approximate surface area is 179 Å². The van der Waals surface area contributed by atoms with Gasteiger partial charge in [0.05, 0.1) is 6.04 Å². The van der Waals surface area contributed by atoms with E-state index in [1.165, 1.54) is 18.5 Å². The van der Waals surface area contributed by atoms with Crippen LogP contribution in [0, 0.1) is 5.92 Å². The maximum Gasteiger partial charge on any atom is 0.261 e. The zero-order chi connectivity index (χ0) is 20.8. The summed E-state index contributed by atoms with van der Waals surface area (Å²) in [6, 6.07) is 15.5. The number of nitrogens with one attached hydrogen (secondary N) is 1. The van der Waals surface area contributed by atoms with Crippen molar-refractivity contribution in [3.8, 4) is 5.75 Å². The van der Waals surface area contributed by atoms with Gasteiger partial charge in [0.2, 0.25) is 0 Å². The van der Waals surface area contributed by atoms with E-state index >= 15 is 0 Å². The van der Waals surface area contributed by atoms with Gasteiger partial charge in [-0.3, -0.25) is 4.79 Å². The van der Waals surface area contributed by atoms with E-state index in [0.29, 0.717) is 17.2 Å². The van der Waals surface area contributed by atoms with Crippen LogP contribution in [-0.2, 0) is 4.79 Å². The van der Waals surface area contributed by atoms with Crippen LogP contribution < -0.4 is 15.0 Å². The first kappa shape index (κ1) is 21.5. The summed E-state index contributed by atoms with van der Waals surface area (Å²) >= 11 is 5.91. The molecule has 29 heavy (non-hydrogen) atoms. The molecule has 0 aliphatic carbocycles. The van der Waals surface area contributed by atoms with Crippen molar-refractivity contribution in [1.82, 2.24) is 5.32 Å². The lowest BCUT2D eigenvalue weighted by Crippen LogP contribution is -2.39. The van der Waals surface area contributed by atoms with Gasteiger partial charge in [0.1, 0.15) is 5.75 Å².